The van der Waals surface area contributed by atoms with Crippen molar-refractivity contribution in [3.8, 4) is 22.6 Å². The first-order valence-electron chi connectivity index (χ1n) is 16.6. The van der Waals surface area contributed by atoms with Gasteiger partial charge in [-0.1, -0.05) is 51.4 Å². The smallest absolute Gasteiger partial charge is 0.260 e. The van der Waals surface area contributed by atoms with E-state index in [1.165, 1.54) is 6.08 Å². The van der Waals surface area contributed by atoms with Crippen LogP contribution in [0.5, 0.6) is 11.5 Å². The van der Waals surface area contributed by atoms with Gasteiger partial charge in [0.05, 0.1) is 18.7 Å². The second-order valence-corrected chi connectivity index (χ2v) is 11.7. The van der Waals surface area contributed by atoms with Crippen LogP contribution in [0.4, 0.5) is 11.8 Å². The second-order valence-electron chi connectivity index (χ2n) is 11.3. The monoisotopic (exact) mass is 675 g/mol. The molecule has 3 heterocycles. The molecule has 0 aliphatic rings. The van der Waals surface area contributed by atoms with Crippen LogP contribution in [0.15, 0.2) is 60.2 Å². The van der Waals surface area contributed by atoms with Crippen molar-refractivity contribution >= 4 is 40.3 Å². The van der Waals surface area contributed by atoms with Crippen LogP contribution in [0.1, 0.15) is 52.0 Å². The van der Waals surface area contributed by atoms with E-state index in [1.807, 2.05) is 6.07 Å². The number of rotatable bonds is 19. The molecule has 256 valence electrons. The molecule has 2 N–H and O–H groups in total. The summed E-state index contributed by atoms with van der Waals surface area (Å²) in [7, 11) is 1.57. The number of anilines is 2. The highest BCUT2D eigenvalue weighted by molar-refractivity contribution is 6.35. The number of hydrogen-bond acceptors (Lipinski definition) is 9. The molecule has 0 fully saturated rings. The quantitative estimate of drug-likeness (QED) is 0.0836. The molecule has 0 spiro atoms. The minimum absolute atomic E-state index is 0.260. The standard InChI is InChI=1S/C36H46ClN7O4/c1-6-10-19-48-30-22-27(47-5)21-28(33(30)37)29-20-26-24-40-36(38-16-11-12-17-43(8-3)9-4)42-34(26)44(35(29)46)18-15-25-13-14-31(39-23-25)41-32(45)7-2/h7,13-14,20-24H,2,6,8-12,15-19H2,1,3-5H3,(H,38,40,42)(H,39,41,45). The number of aryl methyl sites for hydroxylation is 2. The van der Waals surface area contributed by atoms with E-state index in [2.05, 4.69) is 52.9 Å². The van der Waals surface area contributed by atoms with Crippen molar-refractivity contribution in [2.45, 2.75) is 59.4 Å². The summed E-state index contributed by atoms with van der Waals surface area (Å²) >= 11 is 6.89. The molecule has 4 rings (SSSR count). The Bertz CT molecular complexity index is 1740. The van der Waals surface area contributed by atoms with Gasteiger partial charge in [0, 0.05) is 48.1 Å². The molecule has 4 aromatic rings. The fourth-order valence-electron chi connectivity index (χ4n) is 5.23. The Morgan fingerprint density at radius 3 is 2.56 bits per heavy atom. The number of amides is 1. The van der Waals surface area contributed by atoms with Gasteiger partial charge >= 0.3 is 0 Å². The summed E-state index contributed by atoms with van der Waals surface area (Å²) in [4.78, 5) is 42.1. The maximum Gasteiger partial charge on any atom is 0.260 e. The third-order valence-electron chi connectivity index (χ3n) is 8.09. The molecule has 0 atom stereocenters. The predicted octanol–water partition coefficient (Wildman–Crippen LogP) is 6.60. The number of aromatic nitrogens is 4. The lowest BCUT2D eigenvalue weighted by molar-refractivity contribution is -0.111. The molecular formula is C36H46ClN7O4. The van der Waals surface area contributed by atoms with E-state index in [0.29, 0.717) is 70.0 Å². The van der Waals surface area contributed by atoms with E-state index in [-0.39, 0.29) is 11.5 Å². The topological polar surface area (TPSA) is 124 Å². The van der Waals surface area contributed by atoms with Crippen molar-refractivity contribution in [2.24, 2.45) is 0 Å². The van der Waals surface area contributed by atoms with Crippen LogP contribution in [-0.2, 0) is 17.8 Å². The maximum atomic E-state index is 14.3. The predicted molar refractivity (Wildman–Crippen MR) is 193 cm³/mol. The highest BCUT2D eigenvalue weighted by Crippen LogP contribution is 2.39. The van der Waals surface area contributed by atoms with Crippen molar-refractivity contribution in [1.82, 2.24) is 24.4 Å². The van der Waals surface area contributed by atoms with Gasteiger partial charge in [0.25, 0.3) is 5.56 Å². The molecule has 0 unspecified atom stereocenters. The van der Waals surface area contributed by atoms with Gasteiger partial charge in [0.15, 0.2) is 0 Å². The number of hydrogen-bond donors (Lipinski definition) is 2. The molecule has 1 aromatic carbocycles. The Kier molecular flexibility index (Phi) is 13.8. The Labute approximate surface area is 287 Å². The van der Waals surface area contributed by atoms with E-state index in [9.17, 15) is 9.59 Å². The van der Waals surface area contributed by atoms with E-state index in [0.717, 1.165) is 57.4 Å². The van der Waals surface area contributed by atoms with Crippen molar-refractivity contribution < 1.29 is 14.3 Å². The van der Waals surface area contributed by atoms with Crippen molar-refractivity contribution in [1.29, 1.82) is 0 Å². The average molecular weight is 676 g/mol. The summed E-state index contributed by atoms with van der Waals surface area (Å²) < 4.78 is 13.2. The van der Waals surface area contributed by atoms with Gasteiger partial charge in [0.1, 0.15) is 23.0 Å². The Morgan fingerprint density at radius 2 is 1.88 bits per heavy atom. The number of carbonyl (C=O) groups is 1. The maximum absolute atomic E-state index is 14.3. The number of pyridine rings is 2. The van der Waals surface area contributed by atoms with Gasteiger partial charge in [-0.3, -0.25) is 14.2 Å². The zero-order valence-corrected chi connectivity index (χ0v) is 29.1. The lowest BCUT2D eigenvalue weighted by Gasteiger charge is -2.18. The summed E-state index contributed by atoms with van der Waals surface area (Å²) in [5.74, 6) is 1.52. The Balaban J connectivity index is 1.70. The lowest BCUT2D eigenvalue weighted by atomic mass is 10.0. The number of fused-ring (bicyclic) bond motifs is 1. The fourth-order valence-corrected chi connectivity index (χ4v) is 5.49. The molecule has 11 nitrogen and oxygen atoms in total. The van der Waals surface area contributed by atoms with Crippen LogP contribution in [0.3, 0.4) is 0 Å². The highest BCUT2D eigenvalue weighted by Gasteiger charge is 2.19. The van der Waals surface area contributed by atoms with Crippen LogP contribution >= 0.6 is 11.6 Å². The molecule has 0 saturated heterocycles. The van der Waals surface area contributed by atoms with Crippen molar-refractivity contribution in [3.63, 3.8) is 0 Å². The van der Waals surface area contributed by atoms with Crippen LogP contribution in [0.25, 0.3) is 22.2 Å². The van der Waals surface area contributed by atoms with Crippen LogP contribution in [0.2, 0.25) is 5.02 Å². The number of benzene rings is 1. The number of methoxy groups -OCH3 is 1. The Morgan fingerprint density at radius 1 is 1.06 bits per heavy atom. The molecule has 0 radical (unpaired) electrons. The third-order valence-corrected chi connectivity index (χ3v) is 8.48. The van der Waals surface area contributed by atoms with Gasteiger partial charge in [-0.15, -0.1) is 0 Å². The van der Waals surface area contributed by atoms with Crippen molar-refractivity contribution in [2.75, 3.05) is 50.5 Å². The largest absolute Gasteiger partial charge is 0.497 e. The lowest BCUT2D eigenvalue weighted by Crippen LogP contribution is -2.25. The van der Waals surface area contributed by atoms with Gasteiger partial charge in [-0.05, 0) is 75.2 Å². The van der Waals surface area contributed by atoms with Gasteiger partial charge in [-0.2, -0.15) is 4.98 Å². The minimum Gasteiger partial charge on any atom is -0.497 e. The van der Waals surface area contributed by atoms with Crippen LogP contribution in [-0.4, -0.2) is 70.2 Å². The zero-order valence-electron chi connectivity index (χ0n) is 28.4. The number of ether oxygens (including phenoxy) is 2. The molecule has 0 aliphatic carbocycles. The first-order chi connectivity index (χ1) is 23.3. The highest BCUT2D eigenvalue weighted by atomic mass is 35.5. The van der Waals surface area contributed by atoms with E-state index >= 15 is 0 Å². The third kappa shape index (κ3) is 9.54. The van der Waals surface area contributed by atoms with E-state index in [4.69, 9.17) is 26.1 Å². The molecule has 0 bridgehead atoms. The zero-order chi connectivity index (χ0) is 34.5. The summed E-state index contributed by atoms with van der Waals surface area (Å²) in [6, 6.07) is 8.84. The summed E-state index contributed by atoms with van der Waals surface area (Å²) in [5, 5.41) is 7.00. The number of nitrogens with one attached hydrogen (secondary N) is 2. The Hall–Kier alpha value is -4.48. The summed E-state index contributed by atoms with van der Waals surface area (Å²) in [6.07, 6.45) is 8.94. The second kappa shape index (κ2) is 18.2. The fraction of sp³-hybridized carbons (Fsp3) is 0.417. The number of unbranched alkanes of at least 4 members (excludes halogenated alkanes) is 2. The van der Waals surface area contributed by atoms with Gasteiger partial charge < -0.3 is 25.0 Å². The average Bonchev–Trinajstić information content (AvgIpc) is 3.10. The van der Waals surface area contributed by atoms with E-state index in [1.54, 1.807) is 48.3 Å². The molecule has 48 heavy (non-hydrogen) atoms. The normalized spacial score (nSPS) is 11.1. The molecular weight excluding hydrogens is 630 g/mol. The van der Waals surface area contributed by atoms with Crippen LogP contribution < -0.4 is 25.7 Å². The SMILES string of the molecule is C=CC(=O)Nc1ccc(CCn2c(=O)c(-c3cc(OC)cc(OCCCC)c3Cl)cc3cnc(NCCCCN(CC)CC)nc32)cn1. The molecule has 3 aromatic heterocycles. The molecule has 1 amide bonds. The van der Waals surface area contributed by atoms with Gasteiger partial charge in [-0.25, -0.2) is 9.97 Å². The number of nitrogens with zero attached hydrogens (tertiary/aromatic N) is 5. The van der Waals surface area contributed by atoms with Crippen LogP contribution in [0, 0.1) is 0 Å². The van der Waals surface area contributed by atoms with Gasteiger partial charge in [0.2, 0.25) is 11.9 Å². The first-order valence-corrected chi connectivity index (χ1v) is 16.9. The molecule has 0 saturated carbocycles. The summed E-state index contributed by atoms with van der Waals surface area (Å²) in [6.45, 7) is 14.5. The number of carbonyl (C=O) groups excluding carboxylic acids is 1. The number of halogens is 1. The van der Waals surface area contributed by atoms with Crippen molar-refractivity contribution in [3.05, 3.63) is 76.3 Å². The molecule has 12 heteroatoms. The van der Waals surface area contributed by atoms with E-state index < -0.39 is 0 Å². The summed E-state index contributed by atoms with van der Waals surface area (Å²) in [5.41, 5.74) is 2.01. The first kappa shape index (κ1) is 36.4. The minimum atomic E-state index is -0.340. The molecule has 0 aliphatic heterocycles.